The van der Waals surface area contributed by atoms with Gasteiger partial charge < -0.3 is 4.57 Å². The van der Waals surface area contributed by atoms with Crippen LogP contribution in [0.4, 0.5) is 0 Å². The second-order valence-corrected chi connectivity index (χ2v) is 8.41. The molecule has 1 aromatic carbocycles. The third-order valence-electron chi connectivity index (χ3n) is 5.54. The van der Waals surface area contributed by atoms with Gasteiger partial charge in [0.05, 0.1) is 5.41 Å². The van der Waals surface area contributed by atoms with Crippen molar-refractivity contribution in [1.29, 1.82) is 0 Å². The van der Waals surface area contributed by atoms with Crippen LogP contribution in [0.1, 0.15) is 67.7 Å². The van der Waals surface area contributed by atoms with E-state index < -0.39 is 0 Å². The fourth-order valence-corrected chi connectivity index (χ4v) is 4.61. The molecule has 3 aliphatic rings. The van der Waals surface area contributed by atoms with Gasteiger partial charge in [-0.15, -0.1) is 21.8 Å². The van der Waals surface area contributed by atoms with Crippen LogP contribution in [0.25, 0.3) is 0 Å². The summed E-state index contributed by atoms with van der Waals surface area (Å²) in [5, 5.41) is 10.3. The Hall–Kier alpha value is -1.06. The molecule has 0 atom stereocenters. The summed E-state index contributed by atoms with van der Waals surface area (Å²) in [5.74, 6) is 2.99. The van der Waals surface area contributed by atoms with E-state index in [-0.39, 0.29) is 10.8 Å². The van der Waals surface area contributed by atoms with Crippen LogP contribution in [-0.2, 0) is 5.41 Å². The van der Waals surface area contributed by atoms with Crippen molar-refractivity contribution in [2.45, 2.75) is 61.3 Å². The first-order valence-electron chi connectivity index (χ1n) is 8.53. The molecule has 2 aromatic rings. The van der Waals surface area contributed by atoms with Crippen molar-refractivity contribution in [3.63, 3.8) is 0 Å². The van der Waals surface area contributed by atoms with Crippen molar-refractivity contribution in [3.05, 3.63) is 46.5 Å². The quantitative estimate of drug-likeness (QED) is 0.741. The number of halogens is 2. The van der Waals surface area contributed by atoms with Crippen molar-refractivity contribution >= 4 is 23.2 Å². The lowest BCUT2D eigenvalue weighted by Crippen LogP contribution is -2.45. The summed E-state index contributed by atoms with van der Waals surface area (Å²) >= 11 is 12.5. The fourth-order valence-electron chi connectivity index (χ4n) is 3.96. The van der Waals surface area contributed by atoms with E-state index in [0.29, 0.717) is 12.0 Å². The highest BCUT2D eigenvalue weighted by Gasteiger charge is 2.52. The standard InChI is InChI=1S/C18H19Cl2N3/c19-13-5-3-12(4-6-13)18(9-14(20)10-18)17-22-21-16(11-1-2-11)23(17)15-7-8-15/h3-6,11,14-15H,1-2,7-10H2. The highest BCUT2D eigenvalue weighted by atomic mass is 35.5. The molecule has 1 heterocycles. The van der Waals surface area contributed by atoms with Crippen molar-refractivity contribution in [3.8, 4) is 0 Å². The normalized spacial score (nSPS) is 30.3. The van der Waals surface area contributed by atoms with Gasteiger partial charge in [-0.25, -0.2) is 0 Å². The first-order chi connectivity index (χ1) is 11.2. The molecule has 23 heavy (non-hydrogen) atoms. The second-order valence-electron chi connectivity index (χ2n) is 7.35. The highest BCUT2D eigenvalue weighted by molar-refractivity contribution is 6.30. The maximum atomic E-state index is 6.41. The maximum absolute atomic E-state index is 6.41. The number of hydrogen-bond donors (Lipinski definition) is 0. The van der Waals surface area contributed by atoms with Crippen LogP contribution < -0.4 is 0 Å². The molecule has 3 saturated carbocycles. The molecule has 0 bridgehead atoms. The van der Waals surface area contributed by atoms with Gasteiger partial charge in [0.15, 0.2) is 0 Å². The van der Waals surface area contributed by atoms with E-state index >= 15 is 0 Å². The molecular formula is C18H19Cl2N3. The minimum absolute atomic E-state index is 0.0836. The van der Waals surface area contributed by atoms with Gasteiger partial charge in [0, 0.05) is 22.4 Å². The molecule has 1 aromatic heterocycles. The summed E-state index contributed by atoms with van der Waals surface area (Å²) in [5.41, 5.74) is 1.19. The van der Waals surface area contributed by atoms with Crippen LogP contribution in [0.5, 0.6) is 0 Å². The van der Waals surface area contributed by atoms with Gasteiger partial charge in [-0.2, -0.15) is 0 Å². The van der Waals surface area contributed by atoms with Gasteiger partial charge in [-0.3, -0.25) is 0 Å². The Morgan fingerprint density at radius 3 is 2.26 bits per heavy atom. The maximum Gasteiger partial charge on any atom is 0.144 e. The van der Waals surface area contributed by atoms with Crippen molar-refractivity contribution < 1.29 is 0 Å². The van der Waals surface area contributed by atoms with Crippen LogP contribution >= 0.6 is 23.2 Å². The van der Waals surface area contributed by atoms with E-state index in [1.165, 1.54) is 37.1 Å². The highest BCUT2D eigenvalue weighted by Crippen LogP contribution is 2.54. The zero-order valence-electron chi connectivity index (χ0n) is 12.9. The molecule has 3 nitrogen and oxygen atoms in total. The molecule has 0 aliphatic heterocycles. The van der Waals surface area contributed by atoms with Crippen LogP contribution in [0.2, 0.25) is 5.02 Å². The van der Waals surface area contributed by atoms with Crippen LogP contribution in [0.3, 0.4) is 0 Å². The molecular weight excluding hydrogens is 329 g/mol. The topological polar surface area (TPSA) is 30.7 Å². The summed E-state index contributed by atoms with van der Waals surface area (Å²) in [4.78, 5) is 0. The minimum atomic E-state index is -0.0836. The van der Waals surface area contributed by atoms with Crippen molar-refractivity contribution in [2.75, 3.05) is 0 Å². The zero-order chi connectivity index (χ0) is 15.6. The van der Waals surface area contributed by atoms with Gasteiger partial charge in [0.2, 0.25) is 0 Å². The Morgan fingerprint density at radius 2 is 1.70 bits per heavy atom. The van der Waals surface area contributed by atoms with Crippen LogP contribution in [-0.4, -0.2) is 20.1 Å². The first kappa shape index (κ1) is 14.3. The lowest BCUT2D eigenvalue weighted by Gasteiger charge is -2.45. The summed E-state index contributed by atoms with van der Waals surface area (Å²) in [6.45, 7) is 0. The summed E-state index contributed by atoms with van der Waals surface area (Å²) in [7, 11) is 0. The predicted molar refractivity (Wildman–Crippen MR) is 91.4 cm³/mol. The number of rotatable bonds is 4. The largest absolute Gasteiger partial charge is 0.311 e. The number of nitrogens with zero attached hydrogens (tertiary/aromatic N) is 3. The minimum Gasteiger partial charge on any atom is -0.311 e. The molecule has 0 spiro atoms. The molecule has 5 heteroatoms. The molecule has 3 fully saturated rings. The zero-order valence-corrected chi connectivity index (χ0v) is 14.4. The molecule has 0 saturated heterocycles. The lowest BCUT2D eigenvalue weighted by atomic mass is 9.63. The van der Waals surface area contributed by atoms with Crippen molar-refractivity contribution in [1.82, 2.24) is 14.8 Å². The van der Waals surface area contributed by atoms with Gasteiger partial charge in [-0.05, 0) is 56.2 Å². The molecule has 3 aliphatic carbocycles. The van der Waals surface area contributed by atoms with Crippen LogP contribution in [0.15, 0.2) is 24.3 Å². The Labute approximate surface area is 146 Å². The smallest absolute Gasteiger partial charge is 0.144 e. The average Bonchev–Trinajstić information content (AvgIpc) is 3.43. The molecule has 0 amide bonds. The first-order valence-corrected chi connectivity index (χ1v) is 9.34. The average molecular weight is 348 g/mol. The lowest BCUT2D eigenvalue weighted by molar-refractivity contribution is 0.281. The third-order valence-corrected chi connectivity index (χ3v) is 6.10. The van der Waals surface area contributed by atoms with E-state index in [9.17, 15) is 0 Å². The summed E-state index contributed by atoms with van der Waals surface area (Å²) in [6, 6.07) is 8.82. The van der Waals surface area contributed by atoms with E-state index in [2.05, 4.69) is 26.9 Å². The van der Waals surface area contributed by atoms with E-state index in [1.807, 2.05) is 12.1 Å². The molecule has 0 unspecified atom stereocenters. The van der Waals surface area contributed by atoms with Gasteiger partial charge in [-0.1, -0.05) is 23.7 Å². The SMILES string of the molecule is Clc1ccc(C2(c3nnc(C4CC4)n3C3CC3)CC(Cl)C2)cc1. The fraction of sp³-hybridized carbons (Fsp3) is 0.556. The third kappa shape index (κ3) is 2.24. The number of benzene rings is 1. The molecule has 0 radical (unpaired) electrons. The second kappa shape index (κ2) is 4.97. The molecule has 120 valence electrons. The summed E-state index contributed by atoms with van der Waals surface area (Å²) < 4.78 is 2.47. The molecule has 5 rings (SSSR count). The number of hydrogen-bond acceptors (Lipinski definition) is 2. The van der Waals surface area contributed by atoms with E-state index in [1.54, 1.807) is 0 Å². The Morgan fingerprint density at radius 1 is 1.00 bits per heavy atom. The Kier molecular flexibility index (Phi) is 3.09. The Balaban J connectivity index is 1.64. The Bertz CT molecular complexity index is 738. The number of alkyl halides is 1. The number of aromatic nitrogens is 3. The monoisotopic (exact) mass is 347 g/mol. The summed E-state index contributed by atoms with van der Waals surface area (Å²) in [6.07, 6.45) is 6.91. The van der Waals surface area contributed by atoms with Gasteiger partial charge in [0.25, 0.3) is 0 Å². The van der Waals surface area contributed by atoms with Gasteiger partial charge in [0.1, 0.15) is 11.6 Å². The van der Waals surface area contributed by atoms with E-state index in [0.717, 1.165) is 23.7 Å². The van der Waals surface area contributed by atoms with Gasteiger partial charge >= 0.3 is 0 Å². The van der Waals surface area contributed by atoms with E-state index in [4.69, 9.17) is 23.2 Å². The molecule has 0 N–H and O–H groups in total. The van der Waals surface area contributed by atoms with Crippen molar-refractivity contribution in [2.24, 2.45) is 0 Å². The predicted octanol–water partition coefficient (Wildman–Crippen LogP) is 4.83. The van der Waals surface area contributed by atoms with Crippen LogP contribution in [0, 0.1) is 0 Å².